The summed E-state index contributed by atoms with van der Waals surface area (Å²) in [7, 11) is 0. The molecule has 26 heavy (non-hydrogen) atoms. The van der Waals surface area contributed by atoms with Crippen LogP contribution in [0.5, 0.6) is 0 Å². The lowest BCUT2D eigenvalue weighted by Gasteiger charge is -2.34. The lowest BCUT2D eigenvalue weighted by atomic mass is 10.2. The van der Waals surface area contributed by atoms with Crippen molar-refractivity contribution in [2.75, 3.05) is 38.0 Å². The van der Waals surface area contributed by atoms with Crippen molar-refractivity contribution in [3.8, 4) is 0 Å². The van der Waals surface area contributed by atoms with Crippen LogP contribution in [0.1, 0.15) is 11.1 Å². The summed E-state index contributed by atoms with van der Waals surface area (Å²) in [4.78, 5) is 17.0. The van der Waals surface area contributed by atoms with Crippen LogP contribution in [-0.2, 0) is 11.3 Å². The predicted octanol–water partition coefficient (Wildman–Crippen LogP) is 4.06. The van der Waals surface area contributed by atoms with Crippen LogP contribution in [0.3, 0.4) is 0 Å². The molecule has 1 heterocycles. The average molecular weight is 392 g/mol. The van der Waals surface area contributed by atoms with E-state index in [2.05, 4.69) is 39.4 Å². The topological polar surface area (TPSA) is 35.6 Å². The van der Waals surface area contributed by atoms with Gasteiger partial charge in [0.15, 0.2) is 0 Å². The van der Waals surface area contributed by atoms with E-state index in [9.17, 15) is 4.79 Å². The van der Waals surface area contributed by atoms with Crippen molar-refractivity contribution in [3.63, 3.8) is 0 Å². The number of carbonyl (C=O) groups excluding carboxylic acids is 1. The molecule has 0 radical (unpaired) electrons. The first-order valence-electron chi connectivity index (χ1n) is 8.76. The maximum atomic E-state index is 12.4. The number of nitrogens with zero attached hydrogens (tertiary/aromatic N) is 2. The molecule has 0 bridgehead atoms. The summed E-state index contributed by atoms with van der Waals surface area (Å²) in [6, 6.07) is 14.1. The second-order valence-corrected chi connectivity index (χ2v) is 7.42. The van der Waals surface area contributed by atoms with E-state index < -0.39 is 0 Å². The Balaban J connectivity index is 1.49. The van der Waals surface area contributed by atoms with E-state index in [1.165, 1.54) is 5.56 Å². The molecule has 0 saturated carbocycles. The first-order chi connectivity index (χ1) is 12.5. The highest BCUT2D eigenvalue weighted by Gasteiger charge is 2.20. The molecule has 1 amide bonds. The fourth-order valence-corrected chi connectivity index (χ4v) is 3.57. The maximum Gasteiger partial charge on any atom is 0.238 e. The molecule has 2 aromatic carbocycles. The number of amides is 1. The van der Waals surface area contributed by atoms with E-state index in [-0.39, 0.29) is 5.91 Å². The minimum absolute atomic E-state index is 0.0871. The van der Waals surface area contributed by atoms with Crippen molar-refractivity contribution in [1.29, 1.82) is 0 Å². The van der Waals surface area contributed by atoms with Crippen LogP contribution < -0.4 is 5.32 Å². The molecule has 6 heteroatoms. The predicted molar refractivity (Wildman–Crippen MR) is 108 cm³/mol. The Morgan fingerprint density at radius 2 is 1.65 bits per heavy atom. The third-order valence-corrected chi connectivity index (χ3v) is 5.43. The summed E-state index contributed by atoms with van der Waals surface area (Å²) in [6.07, 6.45) is 0. The van der Waals surface area contributed by atoms with E-state index >= 15 is 0 Å². The van der Waals surface area contributed by atoms with Gasteiger partial charge in [-0.15, -0.1) is 0 Å². The summed E-state index contributed by atoms with van der Waals surface area (Å²) in [5.41, 5.74) is 2.71. The molecule has 0 unspecified atom stereocenters. The Kier molecular flexibility index (Phi) is 6.54. The molecule has 0 aromatic heterocycles. The van der Waals surface area contributed by atoms with Crippen LogP contribution in [0.25, 0.3) is 0 Å². The van der Waals surface area contributed by atoms with Gasteiger partial charge in [0.1, 0.15) is 0 Å². The van der Waals surface area contributed by atoms with Crippen molar-refractivity contribution < 1.29 is 4.79 Å². The van der Waals surface area contributed by atoms with Gasteiger partial charge in [-0.3, -0.25) is 14.6 Å². The van der Waals surface area contributed by atoms with Crippen molar-refractivity contribution in [1.82, 2.24) is 9.80 Å². The lowest BCUT2D eigenvalue weighted by molar-refractivity contribution is -0.117. The summed E-state index contributed by atoms with van der Waals surface area (Å²) >= 11 is 12.4. The quantitative estimate of drug-likeness (QED) is 0.834. The molecule has 3 rings (SSSR count). The van der Waals surface area contributed by atoms with Crippen LogP contribution in [0.2, 0.25) is 10.0 Å². The van der Waals surface area contributed by atoms with Gasteiger partial charge in [-0.05, 0) is 24.1 Å². The second-order valence-electron chi connectivity index (χ2n) is 6.64. The van der Waals surface area contributed by atoms with E-state index in [0.29, 0.717) is 22.3 Å². The van der Waals surface area contributed by atoms with Gasteiger partial charge < -0.3 is 5.32 Å². The lowest BCUT2D eigenvalue weighted by Crippen LogP contribution is -2.48. The minimum Gasteiger partial charge on any atom is -0.322 e. The second kappa shape index (κ2) is 8.87. The van der Waals surface area contributed by atoms with Crippen molar-refractivity contribution in [2.45, 2.75) is 13.5 Å². The molecule has 4 nitrogen and oxygen atoms in total. The highest BCUT2D eigenvalue weighted by Crippen LogP contribution is 2.32. The molecule has 1 aliphatic heterocycles. The van der Waals surface area contributed by atoms with E-state index in [0.717, 1.165) is 38.3 Å². The summed E-state index contributed by atoms with van der Waals surface area (Å²) < 4.78 is 0. The third kappa shape index (κ3) is 4.98. The Labute approximate surface area is 164 Å². The third-order valence-electron chi connectivity index (χ3n) is 4.63. The van der Waals surface area contributed by atoms with Crippen molar-refractivity contribution >= 4 is 34.8 Å². The van der Waals surface area contributed by atoms with Gasteiger partial charge in [-0.25, -0.2) is 0 Å². The normalized spacial score (nSPS) is 15.8. The molecule has 1 N–H and O–H groups in total. The number of rotatable bonds is 5. The highest BCUT2D eigenvalue weighted by molar-refractivity contribution is 6.40. The molecule has 0 spiro atoms. The van der Waals surface area contributed by atoms with Gasteiger partial charge >= 0.3 is 0 Å². The molecule has 1 fully saturated rings. The first kappa shape index (κ1) is 19.2. The number of aryl methyl sites for hydroxylation is 1. The molecule has 0 atom stereocenters. The molecule has 1 aliphatic rings. The molecule has 1 saturated heterocycles. The molecular weight excluding hydrogens is 369 g/mol. The standard InChI is InChI=1S/C20H23Cl2N3O/c1-15-7-8-17(21)20(19(15)22)23-18(26)14-25-11-9-24(10-12-25)13-16-5-3-2-4-6-16/h2-8H,9-14H2,1H3,(H,23,26). The smallest absolute Gasteiger partial charge is 0.238 e. The number of carbonyl (C=O) groups is 1. The summed E-state index contributed by atoms with van der Waals surface area (Å²) in [5.74, 6) is -0.0871. The highest BCUT2D eigenvalue weighted by atomic mass is 35.5. The van der Waals surface area contributed by atoms with Crippen LogP contribution >= 0.6 is 23.2 Å². The van der Waals surface area contributed by atoms with Crippen molar-refractivity contribution in [2.24, 2.45) is 0 Å². The van der Waals surface area contributed by atoms with Gasteiger partial charge in [0.2, 0.25) is 5.91 Å². The van der Waals surface area contributed by atoms with Gasteiger partial charge in [0.25, 0.3) is 0 Å². The molecular formula is C20H23Cl2N3O. The van der Waals surface area contributed by atoms with E-state index in [1.54, 1.807) is 6.07 Å². The minimum atomic E-state index is -0.0871. The van der Waals surface area contributed by atoms with Gasteiger partial charge in [-0.1, -0.05) is 59.6 Å². The Morgan fingerprint density at radius 3 is 2.35 bits per heavy atom. The summed E-state index contributed by atoms with van der Waals surface area (Å²) in [5, 5.41) is 3.82. The van der Waals surface area contributed by atoms with Crippen LogP contribution in [0, 0.1) is 6.92 Å². The fourth-order valence-electron chi connectivity index (χ4n) is 3.10. The van der Waals surface area contributed by atoms with Crippen LogP contribution in [0.4, 0.5) is 5.69 Å². The van der Waals surface area contributed by atoms with Crippen molar-refractivity contribution in [3.05, 3.63) is 63.6 Å². The number of anilines is 1. The van der Waals surface area contributed by atoms with E-state index in [4.69, 9.17) is 23.2 Å². The molecule has 138 valence electrons. The number of halogens is 2. The zero-order valence-electron chi connectivity index (χ0n) is 14.8. The number of hydrogen-bond acceptors (Lipinski definition) is 3. The monoisotopic (exact) mass is 391 g/mol. The number of nitrogens with one attached hydrogen (secondary N) is 1. The maximum absolute atomic E-state index is 12.4. The number of hydrogen-bond donors (Lipinski definition) is 1. The SMILES string of the molecule is Cc1ccc(Cl)c(NC(=O)CN2CCN(Cc3ccccc3)CC2)c1Cl. The molecule has 0 aliphatic carbocycles. The molecule has 2 aromatic rings. The summed E-state index contributed by atoms with van der Waals surface area (Å²) in [6.45, 7) is 6.84. The van der Waals surface area contributed by atoms with Gasteiger partial charge in [-0.2, -0.15) is 0 Å². The Bertz CT molecular complexity index is 759. The Hall–Kier alpha value is -1.59. The van der Waals surface area contributed by atoms with Crippen LogP contribution in [0.15, 0.2) is 42.5 Å². The Morgan fingerprint density at radius 1 is 1.00 bits per heavy atom. The fraction of sp³-hybridized carbons (Fsp3) is 0.350. The number of piperazine rings is 1. The van der Waals surface area contributed by atoms with Gasteiger partial charge in [0, 0.05) is 32.7 Å². The largest absolute Gasteiger partial charge is 0.322 e. The zero-order chi connectivity index (χ0) is 18.5. The van der Waals surface area contributed by atoms with Gasteiger partial charge in [0.05, 0.1) is 22.3 Å². The van der Waals surface area contributed by atoms with Crippen LogP contribution in [-0.4, -0.2) is 48.4 Å². The average Bonchev–Trinajstić information content (AvgIpc) is 2.64. The van der Waals surface area contributed by atoms with E-state index in [1.807, 2.05) is 19.1 Å². The zero-order valence-corrected chi connectivity index (χ0v) is 16.4. The number of benzene rings is 2. The first-order valence-corrected chi connectivity index (χ1v) is 9.51.